The first-order valence-corrected chi connectivity index (χ1v) is 11.8. The Morgan fingerprint density at radius 2 is 1.83 bits per heavy atom. The molecule has 12 nitrogen and oxygen atoms in total. The smallest absolute Gasteiger partial charge is 0.336 e. The molecular weight excluding hydrogens is 450 g/mol. The minimum atomic E-state index is -0.511. The zero-order valence-electron chi connectivity index (χ0n) is 19.6. The van der Waals surface area contributed by atoms with E-state index < -0.39 is 11.7 Å². The van der Waals surface area contributed by atoms with E-state index in [1.807, 2.05) is 28.9 Å². The van der Waals surface area contributed by atoms with E-state index in [1.165, 1.54) is 6.07 Å². The van der Waals surface area contributed by atoms with Gasteiger partial charge in [0.25, 0.3) is 0 Å². The first kappa shape index (κ1) is 23.4. The maximum absolute atomic E-state index is 11.8. The number of aliphatic hydroxyl groups excluding tert-OH is 1. The summed E-state index contributed by atoms with van der Waals surface area (Å²) in [5, 5.41) is 14.3. The normalized spacial score (nSPS) is 24.8. The number of aliphatic hydroxyl groups is 1. The van der Waals surface area contributed by atoms with Crippen LogP contribution in [0.25, 0.3) is 11.0 Å². The maximum atomic E-state index is 11.8. The Morgan fingerprint density at radius 1 is 1.09 bits per heavy atom. The van der Waals surface area contributed by atoms with E-state index in [2.05, 4.69) is 15.3 Å². The molecule has 2 aliphatic rings. The molecule has 2 fully saturated rings. The largest absolute Gasteiger partial charge is 0.423 e. The summed E-state index contributed by atoms with van der Waals surface area (Å²) in [6.07, 6.45) is 0.765. The van der Waals surface area contributed by atoms with Crippen molar-refractivity contribution in [2.75, 3.05) is 41.3 Å². The minimum absolute atomic E-state index is 0.0862. The number of aryl methyl sites for hydroxylation is 1. The lowest BCUT2D eigenvalue weighted by Gasteiger charge is -2.35. The SMILES string of the molecule is Cc1cc(=O)oc2cc(Nc3nc(N4C[C@H](N)C[C@H](N)C4)nc(N4C[C@H](O)C[C@@H]4CN)n3)ccc12. The van der Waals surface area contributed by atoms with E-state index in [0.717, 1.165) is 17.4 Å². The molecule has 0 amide bonds. The van der Waals surface area contributed by atoms with Gasteiger partial charge in [-0.1, -0.05) is 0 Å². The Hall–Kier alpha value is -3.32. The zero-order valence-corrected chi connectivity index (χ0v) is 19.6. The number of rotatable bonds is 5. The molecule has 0 bridgehead atoms. The Kier molecular flexibility index (Phi) is 6.28. The quantitative estimate of drug-likeness (QED) is 0.302. The molecule has 2 aromatic heterocycles. The van der Waals surface area contributed by atoms with Gasteiger partial charge in [-0.15, -0.1) is 0 Å². The fourth-order valence-electron chi connectivity index (χ4n) is 4.91. The van der Waals surface area contributed by atoms with Gasteiger partial charge in [-0.05, 0) is 37.5 Å². The third-order valence-corrected chi connectivity index (χ3v) is 6.54. The molecule has 186 valence electrons. The topological polar surface area (TPSA) is 186 Å². The van der Waals surface area contributed by atoms with Crippen LogP contribution in [0, 0.1) is 6.92 Å². The van der Waals surface area contributed by atoms with E-state index in [1.54, 1.807) is 6.07 Å². The highest BCUT2D eigenvalue weighted by Crippen LogP contribution is 2.28. The monoisotopic (exact) mass is 481 g/mol. The standard InChI is InChI=1S/C23H31N9O3/c1-12-4-20(34)35-19-6-15(2-3-18(12)19)27-21-28-22(31-9-13(25)5-14(26)10-31)30-23(29-21)32-11-17(33)7-16(32)8-24/h2-4,6,13-14,16-17,33H,5,7-11,24-26H2,1H3,(H,27,28,29,30)/t13-,14+,16-,17-/m1/s1. The summed E-state index contributed by atoms with van der Waals surface area (Å²) < 4.78 is 5.37. The average Bonchev–Trinajstić information content (AvgIpc) is 3.18. The van der Waals surface area contributed by atoms with Gasteiger partial charge in [-0.3, -0.25) is 0 Å². The molecule has 2 saturated heterocycles. The Morgan fingerprint density at radius 3 is 2.57 bits per heavy atom. The van der Waals surface area contributed by atoms with Crippen LogP contribution in [-0.4, -0.2) is 70.5 Å². The number of aromatic nitrogens is 3. The third kappa shape index (κ3) is 4.91. The predicted octanol–water partition coefficient (Wildman–Crippen LogP) is -0.207. The number of nitrogens with zero attached hydrogens (tertiary/aromatic N) is 5. The van der Waals surface area contributed by atoms with E-state index in [-0.39, 0.29) is 18.1 Å². The molecule has 8 N–H and O–H groups in total. The Labute approximate surface area is 202 Å². The number of fused-ring (bicyclic) bond motifs is 1. The van der Waals surface area contributed by atoms with Crippen LogP contribution in [0.5, 0.6) is 0 Å². The number of nitrogens with two attached hydrogens (primary N) is 3. The van der Waals surface area contributed by atoms with E-state index in [4.69, 9.17) is 26.6 Å². The molecule has 2 aliphatic heterocycles. The number of hydrogen-bond donors (Lipinski definition) is 5. The molecule has 0 spiro atoms. The van der Waals surface area contributed by atoms with Gasteiger partial charge in [-0.2, -0.15) is 15.0 Å². The minimum Gasteiger partial charge on any atom is -0.423 e. The highest BCUT2D eigenvalue weighted by Gasteiger charge is 2.33. The van der Waals surface area contributed by atoms with Crippen LogP contribution in [0.4, 0.5) is 23.5 Å². The lowest BCUT2D eigenvalue weighted by molar-refractivity contribution is 0.194. The lowest BCUT2D eigenvalue weighted by Crippen LogP contribution is -2.53. The number of piperidine rings is 1. The number of β-amino-alcohol motifs (C(OH)–C–C–N with tert-alkyl or cyclic N) is 1. The van der Waals surface area contributed by atoms with Crippen molar-refractivity contribution in [1.29, 1.82) is 0 Å². The molecule has 5 rings (SSSR count). The molecule has 0 saturated carbocycles. The zero-order chi connectivity index (χ0) is 24.7. The van der Waals surface area contributed by atoms with Crippen LogP contribution in [0.2, 0.25) is 0 Å². The number of benzene rings is 1. The fraction of sp³-hybridized carbons (Fsp3) is 0.478. The summed E-state index contributed by atoms with van der Waals surface area (Å²) in [4.78, 5) is 29.7. The summed E-state index contributed by atoms with van der Waals surface area (Å²) in [7, 11) is 0. The second-order valence-corrected chi connectivity index (χ2v) is 9.44. The highest BCUT2D eigenvalue weighted by atomic mass is 16.4. The van der Waals surface area contributed by atoms with Crippen molar-refractivity contribution in [3.05, 3.63) is 40.2 Å². The second kappa shape index (κ2) is 9.38. The van der Waals surface area contributed by atoms with Gasteiger partial charge in [0.1, 0.15) is 5.58 Å². The lowest BCUT2D eigenvalue weighted by atomic mass is 10.0. The van der Waals surface area contributed by atoms with Gasteiger partial charge in [0, 0.05) is 67.5 Å². The van der Waals surface area contributed by atoms with Gasteiger partial charge in [0.05, 0.1) is 6.10 Å². The molecule has 35 heavy (non-hydrogen) atoms. The predicted molar refractivity (Wildman–Crippen MR) is 134 cm³/mol. The van der Waals surface area contributed by atoms with E-state index in [0.29, 0.717) is 61.7 Å². The Bertz CT molecular complexity index is 1270. The number of nitrogens with one attached hydrogen (secondary N) is 1. The molecule has 0 aliphatic carbocycles. The van der Waals surface area contributed by atoms with Gasteiger partial charge in [0.2, 0.25) is 17.8 Å². The summed E-state index contributed by atoms with van der Waals surface area (Å²) in [5.41, 5.74) is 19.9. The van der Waals surface area contributed by atoms with Crippen LogP contribution >= 0.6 is 0 Å². The average molecular weight is 482 g/mol. The molecular formula is C23H31N9O3. The van der Waals surface area contributed by atoms with Crippen molar-refractivity contribution in [2.24, 2.45) is 17.2 Å². The molecule has 3 aromatic rings. The number of anilines is 4. The molecule has 4 atom stereocenters. The van der Waals surface area contributed by atoms with Crippen LogP contribution in [0.3, 0.4) is 0 Å². The van der Waals surface area contributed by atoms with E-state index >= 15 is 0 Å². The molecule has 12 heteroatoms. The van der Waals surface area contributed by atoms with Crippen molar-refractivity contribution < 1.29 is 9.52 Å². The fourth-order valence-corrected chi connectivity index (χ4v) is 4.91. The van der Waals surface area contributed by atoms with Crippen LogP contribution in [-0.2, 0) is 0 Å². The first-order chi connectivity index (χ1) is 16.8. The molecule has 0 unspecified atom stereocenters. The van der Waals surface area contributed by atoms with Gasteiger partial charge < -0.3 is 41.8 Å². The van der Waals surface area contributed by atoms with Crippen molar-refractivity contribution >= 4 is 34.5 Å². The third-order valence-electron chi connectivity index (χ3n) is 6.54. The molecule has 0 radical (unpaired) electrons. The molecule has 4 heterocycles. The summed E-state index contributed by atoms with van der Waals surface area (Å²) in [5.74, 6) is 1.17. The summed E-state index contributed by atoms with van der Waals surface area (Å²) in [6.45, 7) is 3.75. The second-order valence-electron chi connectivity index (χ2n) is 9.44. The maximum Gasteiger partial charge on any atom is 0.336 e. The number of hydrogen-bond acceptors (Lipinski definition) is 12. The van der Waals surface area contributed by atoms with Crippen molar-refractivity contribution in [2.45, 2.75) is 44.0 Å². The van der Waals surface area contributed by atoms with Crippen LogP contribution < -0.4 is 37.9 Å². The Balaban J connectivity index is 1.53. The van der Waals surface area contributed by atoms with Crippen molar-refractivity contribution in [3.8, 4) is 0 Å². The van der Waals surface area contributed by atoms with Gasteiger partial charge in [0.15, 0.2) is 0 Å². The van der Waals surface area contributed by atoms with Crippen LogP contribution in [0.1, 0.15) is 18.4 Å². The van der Waals surface area contributed by atoms with Crippen molar-refractivity contribution in [3.63, 3.8) is 0 Å². The first-order valence-electron chi connectivity index (χ1n) is 11.8. The molecule has 1 aromatic carbocycles. The van der Waals surface area contributed by atoms with E-state index in [9.17, 15) is 9.90 Å². The highest BCUT2D eigenvalue weighted by molar-refractivity contribution is 5.83. The van der Waals surface area contributed by atoms with Crippen molar-refractivity contribution in [1.82, 2.24) is 15.0 Å². The summed E-state index contributed by atoms with van der Waals surface area (Å²) >= 11 is 0. The van der Waals surface area contributed by atoms with Crippen LogP contribution in [0.15, 0.2) is 33.5 Å². The summed E-state index contributed by atoms with van der Waals surface area (Å²) in [6, 6.07) is 6.68. The van der Waals surface area contributed by atoms with Gasteiger partial charge >= 0.3 is 5.63 Å². The van der Waals surface area contributed by atoms with Gasteiger partial charge in [-0.25, -0.2) is 4.79 Å².